The monoisotopic (exact) mass is 343 g/mol. The van der Waals surface area contributed by atoms with Crippen LogP contribution in [-0.4, -0.2) is 16.1 Å². The van der Waals surface area contributed by atoms with Crippen LogP contribution in [0.5, 0.6) is 0 Å². The lowest BCUT2D eigenvalue weighted by Gasteiger charge is -2.03. The minimum absolute atomic E-state index is 0.188. The molecule has 0 aliphatic carbocycles. The third kappa shape index (κ3) is 2.54. The van der Waals surface area contributed by atoms with Gasteiger partial charge in [-0.05, 0) is 29.6 Å². The molecule has 7 heteroatoms. The molecule has 3 nitrogen and oxygen atoms in total. The van der Waals surface area contributed by atoms with E-state index in [1.54, 1.807) is 18.2 Å². The number of carbonyl (C=O) groups is 1. The number of benzene rings is 1. The fourth-order valence-corrected chi connectivity index (χ4v) is 4.61. The maximum atomic E-state index is 11.3. The summed E-state index contributed by atoms with van der Waals surface area (Å²) in [6.07, 6.45) is 0. The second kappa shape index (κ2) is 5.33. The van der Waals surface area contributed by atoms with Gasteiger partial charge in [-0.15, -0.1) is 11.3 Å². The number of thiophene rings is 1. The number of hydrogen-bond acceptors (Lipinski definition) is 3. The Balaban J connectivity index is 2.11. The third-order valence-electron chi connectivity index (χ3n) is 2.63. The molecule has 1 aromatic carbocycles. The molecular formula is C13H7Cl2NO2S2. The maximum Gasteiger partial charge on any atom is 0.353 e. The summed E-state index contributed by atoms with van der Waals surface area (Å²) in [4.78, 5) is 15.7. The van der Waals surface area contributed by atoms with Crippen LogP contribution >= 0.6 is 46.3 Å². The highest BCUT2D eigenvalue weighted by Crippen LogP contribution is 2.40. The maximum absolute atomic E-state index is 11.3. The number of halogens is 2. The Morgan fingerprint density at radius 1 is 1.25 bits per heavy atom. The molecule has 0 radical (unpaired) electrons. The number of nitrogens with one attached hydrogen (secondary N) is 1. The summed E-state index contributed by atoms with van der Waals surface area (Å²) >= 11 is 14.8. The first kappa shape index (κ1) is 13.8. The van der Waals surface area contributed by atoms with Crippen LogP contribution in [-0.2, 0) is 0 Å². The molecule has 2 aromatic heterocycles. The Bertz CT molecular complexity index is 790. The van der Waals surface area contributed by atoms with E-state index < -0.39 is 5.97 Å². The van der Waals surface area contributed by atoms with Crippen molar-refractivity contribution in [1.82, 2.24) is 4.98 Å². The van der Waals surface area contributed by atoms with Gasteiger partial charge in [-0.1, -0.05) is 35.0 Å². The van der Waals surface area contributed by atoms with E-state index in [-0.39, 0.29) is 5.69 Å². The Morgan fingerprint density at radius 2 is 1.95 bits per heavy atom. The van der Waals surface area contributed by atoms with Crippen LogP contribution in [0.25, 0.3) is 10.2 Å². The summed E-state index contributed by atoms with van der Waals surface area (Å²) in [5.74, 6) is -0.982. The van der Waals surface area contributed by atoms with E-state index >= 15 is 0 Å². The largest absolute Gasteiger partial charge is 0.477 e. The summed E-state index contributed by atoms with van der Waals surface area (Å²) in [7, 11) is 0. The molecule has 3 rings (SSSR count). The predicted molar refractivity (Wildman–Crippen MR) is 83.7 cm³/mol. The zero-order valence-corrected chi connectivity index (χ0v) is 13.0. The quantitative estimate of drug-likeness (QED) is 0.670. The molecular weight excluding hydrogens is 337 g/mol. The van der Waals surface area contributed by atoms with Crippen LogP contribution in [0.3, 0.4) is 0 Å². The van der Waals surface area contributed by atoms with Crippen LogP contribution in [0.2, 0.25) is 10.0 Å². The SMILES string of the molecule is O=C(O)c1[nH]c2ccsc2c1Sc1cc(Cl)cc(Cl)c1. The second-order valence-corrected chi connectivity index (χ2v) is 6.88. The first-order valence-corrected chi connectivity index (χ1v) is 7.96. The Hall–Kier alpha value is -1.14. The van der Waals surface area contributed by atoms with Crippen molar-refractivity contribution in [2.24, 2.45) is 0 Å². The lowest BCUT2D eigenvalue weighted by atomic mass is 10.4. The van der Waals surface area contributed by atoms with Crippen LogP contribution < -0.4 is 0 Å². The fraction of sp³-hybridized carbons (Fsp3) is 0. The smallest absolute Gasteiger partial charge is 0.353 e. The van der Waals surface area contributed by atoms with Crippen molar-refractivity contribution in [3.8, 4) is 0 Å². The van der Waals surface area contributed by atoms with Crippen molar-refractivity contribution in [3.05, 3.63) is 45.4 Å². The van der Waals surface area contributed by atoms with E-state index in [1.807, 2.05) is 11.4 Å². The fourth-order valence-electron chi connectivity index (χ4n) is 1.84. The molecule has 0 atom stereocenters. The highest BCUT2D eigenvalue weighted by atomic mass is 35.5. The summed E-state index contributed by atoms with van der Waals surface area (Å²) in [5, 5.41) is 12.2. The molecule has 0 bridgehead atoms. The number of rotatable bonds is 3. The first-order valence-electron chi connectivity index (χ1n) is 5.51. The van der Waals surface area contributed by atoms with Crippen LogP contribution in [0.4, 0.5) is 0 Å². The summed E-state index contributed by atoms with van der Waals surface area (Å²) < 4.78 is 0.920. The van der Waals surface area contributed by atoms with Crippen molar-refractivity contribution in [1.29, 1.82) is 0 Å². The Morgan fingerprint density at radius 3 is 2.60 bits per heavy atom. The van der Waals surface area contributed by atoms with Gasteiger partial charge in [-0.2, -0.15) is 0 Å². The molecule has 0 aliphatic heterocycles. The minimum atomic E-state index is -0.982. The van der Waals surface area contributed by atoms with Gasteiger partial charge in [0, 0.05) is 14.9 Å². The van der Waals surface area contributed by atoms with Crippen LogP contribution in [0, 0.1) is 0 Å². The normalized spacial score (nSPS) is 11.1. The molecule has 0 amide bonds. The summed E-state index contributed by atoms with van der Waals surface area (Å²) in [6.45, 7) is 0. The Labute approximate surface area is 132 Å². The number of carboxylic acids is 1. The minimum Gasteiger partial charge on any atom is -0.477 e. The molecule has 0 aliphatic rings. The lowest BCUT2D eigenvalue weighted by molar-refractivity contribution is 0.0688. The van der Waals surface area contributed by atoms with Gasteiger partial charge in [0.1, 0.15) is 5.69 Å². The van der Waals surface area contributed by atoms with E-state index in [9.17, 15) is 9.90 Å². The third-order valence-corrected chi connectivity index (χ3v) is 5.21. The predicted octanol–water partition coefficient (Wildman–Crippen LogP) is 5.39. The van der Waals surface area contributed by atoms with Gasteiger partial charge in [-0.3, -0.25) is 0 Å². The van der Waals surface area contributed by atoms with Crippen LogP contribution in [0.15, 0.2) is 39.4 Å². The number of aromatic carboxylic acids is 1. The molecule has 20 heavy (non-hydrogen) atoms. The molecule has 0 fully saturated rings. The highest BCUT2D eigenvalue weighted by Gasteiger charge is 2.19. The van der Waals surface area contributed by atoms with E-state index in [4.69, 9.17) is 23.2 Å². The molecule has 0 saturated carbocycles. The van der Waals surface area contributed by atoms with Gasteiger partial charge in [0.15, 0.2) is 0 Å². The molecule has 0 saturated heterocycles. The van der Waals surface area contributed by atoms with Gasteiger partial charge in [0.05, 0.1) is 15.1 Å². The molecule has 2 heterocycles. The zero-order valence-electron chi connectivity index (χ0n) is 9.81. The van der Waals surface area contributed by atoms with Gasteiger partial charge in [0.25, 0.3) is 0 Å². The van der Waals surface area contributed by atoms with Crippen molar-refractivity contribution in [3.63, 3.8) is 0 Å². The average molecular weight is 344 g/mol. The number of hydrogen-bond donors (Lipinski definition) is 2. The van der Waals surface area contributed by atoms with Crippen LogP contribution in [0.1, 0.15) is 10.5 Å². The number of H-pyrrole nitrogens is 1. The van der Waals surface area contributed by atoms with E-state index in [0.29, 0.717) is 14.9 Å². The lowest BCUT2D eigenvalue weighted by Crippen LogP contribution is -1.97. The topological polar surface area (TPSA) is 53.1 Å². The molecule has 102 valence electrons. The summed E-state index contributed by atoms with van der Waals surface area (Å²) in [5.41, 5.74) is 1.01. The average Bonchev–Trinajstić information content (AvgIpc) is 2.90. The Kier molecular flexibility index (Phi) is 3.69. The van der Waals surface area contributed by atoms with Crippen molar-refractivity contribution >= 4 is 62.5 Å². The van der Waals surface area contributed by atoms with E-state index in [1.165, 1.54) is 23.1 Å². The zero-order chi connectivity index (χ0) is 14.3. The number of aromatic amines is 1. The first-order chi connectivity index (χ1) is 9.54. The number of fused-ring (bicyclic) bond motifs is 1. The van der Waals surface area contributed by atoms with Gasteiger partial charge in [0.2, 0.25) is 0 Å². The number of carboxylic acid groups (broad SMARTS) is 1. The van der Waals surface area contributed by atoms with Crippen molar-refractivity contribution < 1.29 is 9.90 Å². The van der Waals surface area contributed by atoms with E-state index in [0.717, 1.165) is 15.1 Å². The van der Waals surface area contributed by atoms with Crippen molar-refractivity contribution in [2.45, 2.75) is 9.79 Å². The number of aromatic nitrogens is 1. The van der Waals surface area contributed by atoms with Gasteiger partial charge < -0.3 is 10.1 Å². The van der Waals surface area contributed by atoms with Crippen molar-refractivity contribution in [2.75, 3.05) is 0 Å². The summed E-state index contributed by atoms with van der Waals surface area (Å²) in [6, 6.07) is 7.02. The molecule has 0 unspecified atom stereocenters. The molecule has 0 spiro atoms. The van der Waals surface area contributed by atoms with E-state index in [2.05, 4.69) is 4.98 Å². The molecule has 3 aromatic rings. The molecule has 2 N–H and O–H groups in total. The van der Waals surface area contributed by atoms with Gasteiger partial charge >= 0.3 is 5.97 Å². The highest BCUT2D eigenvalue weighted by molar-refractivity contribution is 7.99. The second-order valence-electron chi connectivity index (χ2n) is 4.00. The van der Waals surface area contributed by atoms with Gasteiger partial charge in [-0.25, -0.2) is 4.79 Å². The standard InChI is InChI=1S/C13H7Cl2NO2S2/c14-6-3-7(15)5-8(4-6)20-12-10(13(17)18)16-9-1-2-19-11(9)12/h1-5,16H,(H,17,18).